The van der Waals surface area contributed by atoms with Crippen LogP contribution >= 0.6 is 0 Å². The molecule has 2 aromatic rings. The molecule has 0 radical (unpaired) electrons. The number of hydrogen-bond donors (Lipinski definition) is 1. The molecular weight excluding hydrogens is 436 g/mol. The van der Waals surface area contributed by atoms with Crippen LogP contribution in [0.1, 0.15) is 22.7 Å². The number of benzene rings is 2. The van der Waals surface area contributed by atoms with Crippen molar-refractivity contribution in [2.45, 2.75) is 13.0 Å². The molecule has 0 spiro atoms. The summed E-state index contributed by atoms with van der Waals surface area (Å²) in [6.07, 6.45) is 0. The van der Waals surface area contributed by atoms with Gasteiger partial charge in [0.15, 0.2) is 11.5 Å². The van der Waals surface area contributed by atoms with Gasteiger partial charge in [-0.1, -0.05) is 35.9 Å². The molecule has 2 saturated heterocycles. The first-order chi connectivity index (χ1) is 16.4. The maximum Gasteiger partial charge on any atom is 0.295 e. The summed E-state index contributed by atoms with van der Waals surface area (Å²) in [5.41, 5.74) is 2.25. The second-order valence-corrected chi connectivity index (χ2v) is 8.43. The molecular formula is C26H30N2O6. The number of methoxy groups -OCH3 is 2. The Labute approximate surface area is 199 Å². The fraction of sp³-hybridized carbons (Fsp3) is 0.385. The SMILES string of the molecule is COc1ccc([C@H]2/C(=C(\O)c3ccc(C)cc3)C(=O)C(=O)N2CCN2CCOCC2)cc1OC. The van der Waals surface area contributed by atoms with Crippen LogP contribution < -0.4 is 9.47 Å². The Hall–Kier alpha value is -3.36. The van der Waals surface area contributed by atoms with E-state index in [0.29, 0.717) is 48.9 Å². The zero-order chi connectivity index (χ0) is 24.2. The molecule has 2 fully saturated rings. The van der Waals surface area contributed by atoms with Gasteiger partial charge in [0.05, 0.1) is 39.0 Å². The fourth-order valence-corrected chi connectivity index (χ4v) is 4.42. The Kier molecular flexibility index (Phi) is 7.19. The molecule has 1 amide bonds. The van der Waals surface area contributed by atoms with Gasteiger partial charge in [-0.2, -0.15) is 0 Å². The summed E-state index contributed by atoms with van der Waals surface area (Å²) in [5, 5.41) is 11.2. The van der Waals surface area contributed by atoms with Gasteiger partial charge in [-0.25, -0.2) is 0 Å². The Morgan fingerprint density at radius 1 is 1.00 bits per heavy atom. The first-order valence-corrected chi connectivity index (χ1v) is 11.3. The van der Waals surface area contributed by atoms with E-state index in [0.717, 1.165) is 18.7 Å². The number of ether oxygens (including phenoxy) is 3. The molecule has 2 heterocycles. The molecule has 8 nitrogen and oxygen atoms in total. The van der Waals surface area contributed by atoms with Crippen LogP contribution in [0.4, 0.5) is 0 Å². The van der Waals surface area contributed by atoms with Gasteiger partial charge in [0.1, 0.15) is 5.76 Å². The molecule has 1 N–H and O–H groups in total. The number of aliphatic hydroxyl groups excluding tert-OH is 1. The molecule has 0 bridgehead atoms. The van der Waals surface area contributed by atoms with E-state index >= 15 is 0 Å². The summed E-state index contributed by atoms with van der Waals surface area (Å²) >= 11 is 0. The third kappa shape index (κ3) is 4.64. The second-order valence-electron chi connectivity index (χ2n) is 8.43. The highest BCUT2D eigenvalue weighted by molar-refractivity contribution is 6.46. The average molecular weight is 467 g/mol. The Morgan fingerprint density at radius 2 is 1.68 bits per heavy atom. The largest absolute Gasteiger partial charge is 0.507 e. The standard InChI is InChI=1S/C26H30N2O6/c1-17-4-6-18(7-5-17)24(29)22-23(19-8-9-20(32-2)21(16-19)33-3)28(26(31)25(22)30)11-10-27-12-14-34-15-13-27/h4-9,16,23,29H,10-15H2,1-3H3/b24-22+/t23-/m0/s1. The summed E-state index contributed by atoms with van der Waals surface area (Å²) in [5.74, 6) is -0.488. The quantitative estimate of drug-likeness (QED) is 0.381. The summed E-state index contributed by atoms with van der Waals surface area (Å²) in [6, 6.07) is 11.7. The molecule has 180 valence electrons. The number of likely N-dealkylation sites (tertiary alicyclic amines) is 1. The minimum absolute atomic E-state index is 0.0723. The third-order valence-electron chi connectivity index (χ3n) is 6.35. The highest BCUT2D eigenvalue weighted by Gasteiger charge is 2.46. The maximum atomic E-state index is 13.2. The van der Waals surface area contributed by atoms with Crippen molar-refractivity contribution in [3.8, 4) is 11.5 Å². The molecule has 1 atom stereocenters. The van der Waals surface area contributed by atoms with Gasteiger partial charge in [0.25, 0.3) is 11.7 Å². The zero-order valence-corrected chi connectivity index (χ0v) is 19.7. The predicted octanol–water partition coefficient (Wildman–Crippen LogP) is 2.77. The van der Waals surface area contributed by atoms with Gasteiger partial charge in [-0.15, -0.1) is 0 Å². The number of aliphatic hydroxyl groups is 1. The number of Topliss-reactive ketones (excluding diaryl/α,β-unsaturated/α-hetero) is 1. The number of carbonyl (C=O) groups is 2. The molecule has 2 aliphatic heterocycles. The van der Waals surface area contributed by atoms with E-state index in [9.17, 15) is 14.7 Å². The number of carbonyl (C=O) groups excluding carboxylic acids is 2. The smallest absolute Gasteiger partial charge is 0.295 e. The van der Waals surface area contributed by atoms with Crippen LogP contribution in [0.15, 0.2) is 48.0 Å². The van der Waals surface area contributed by atoms with Gasteiger partial charge in [0, 0.05) is 31.7 Å². The lowest BCUT2D eigenvalue weighted by Gasteiger charge is -2.31. The van der Waals surface area contributed by atoms with E-state index < -0.39 is 17.7 Å². The molecule has 0 aromatic heterocycles. The van der Waals surface area contributed by atoms with Crippen LogP contribution in [0.25, 0.3) is 5.76 Å². The van der Waals surface area contributed by atoms with Gasteiger partial charge < -0.3 is 24.2 Å². The molecule has 34 heavy (non-hydrogen) atoms. The van der Waals surface area contributed by atoms with Crippen LogP contribution in [0.3, 0.4) is 0 Å². The number of morpholine rings is 1. The molecule has 0 saturated carbocycles. The van der Waals surface area contributed by atoms with E-state index in [4.69, 9.17) is 14.2 Å². The highest BCUT2D eigenvalue weighted by atomic mass is 16.5. The lowest BCUT2D eigenvalue weighted by atomic mass is 9.94. The highest BCUT2D eigenvalue weighted by Crippen LogP contribution is 2.41. The van der Waals surface area contributed by atoms with Crippen LogP contribution in [0.2, 0.25) is 0 Å². The minimum Gasteiger partial charge on any atom is -0.507 e. The summed E-state index contributed by atoms with van der Waals surface area (Å²) in [6.45, 7) is 5.72. The Balaban J connectivity index is 1.77. The van der Waals surface area contributed by atoms with Crippen LogP contribution in [0, 0.1) is 6.92 Å². The van der Waals surface area contributed by atoms with E-state index in [1.165, 1.54) is 7.11 Å². The van der Waals surface area contributed by atoms with E-state index in [1.807, 2.05) is 19.1 Å². The minimum atomic E-state index is -0.748. The molecule has 0 unspecified atom stereocenters. The monoisotopic (exact) mass is 466 g/mol. The topological polar surface area (TPSA) is 88.5 Å². The lowest BCUT2D eigenvalue weighted by molar-refractivity contribution is -0.140. The van der Waals surface area contributed by atoms with Crippen molar-refractivity contribution in [1.82, 2.24) is 9.80 Å². The van der Waals surface area contributed by atoms with Gasteiger partial charge in [-0.05, 0) is 24.6 Å². The van der Waals surface area contributed by atoms with E-state index in [1.54, 1.807) is 42.3 Å². The van der Waals surface area contributed by atoms with Gasteiger partial charge in [-0.3, -0.25) is 14.5 Å². The Morgan fingerprint density at radius 3 is 2.32 bits per heavy atom. The third-order valence-corrected chi connectivity index (χ3v) is 6.35. The number of ketones is 1. The number of hydrogen-bond acceptors (Lipinski definition) is 7. The first kappa shape index (κ1) is 23.8. The molecule has 0 aliphatic carbocycles. The van der Waals surface area contributed by atoms with Crippen molar-refractivity contribution in [2.24, 2.45) is 0 Å². The normalized spacial score (nSPS) is 20.6. The van der Waals surface area contributed by atoms with E-state index in [-0.39, 0.29) is 11.3 Å². The maximum absolute atomic E-state index is 13.2. The molecule has 2 aliphatic rings. The summed E-state index contributed by atoms with van der Waals surface area (Å²) < 4.78 is 16.2. The molecule has 8 heteroatoms. The number of nitrogens with zero attached hydrogens (tertiary/aromatic N) is 2. The zero-order valence-electron chi connectivity index (χ0n) is 19.7. The fourth-order valence-electron chi connectivity index (χ4n) is 4.42. The van der Waals surface area contributed by atoms with Crippen LogP contribution in [-0.2, 0) is 14.3 Å². The number of aryl methyl sites for hydroxylation is 1. The van der Waals surface area contributed by atoms with Gasteiger partial charge in [0.2, 0.25) is 0 Å². The molecule has 4 rings (SSSR count). The second kappa shape index (κ2) is 10.3. The van der Waals surface area contributed by atoms with Crippen molar-refractivity contribution in [2.75, 3.05) is 53.6 Å². The summed E-state index contributed by atoms with van der Waals surface area (Å²) in [7, 11) is 3.08. The Bertz CT molecular complexity index is 1090. The van der Waals surface area contributed by atoms with Crippen molar-refractivity contribution >= 4 is 17.4 Å². The number of rotatable bonds is 7. The van der Waals surface area contributed by atoms with Crippen LogP contribution in [-0.4, -0.2) is 80.2 Å². The van der Waals surface area contributed by atoms with Crippen molar-refractivity contribution in [1.29, 1.82) is 0 Å². The van der Waals surface area contributed by atoms with Crippen molar-refractivity contribution in [3.63, 3.8) is 0 Å². The first-order valence-electron chi connectivity index (χ1n) is 11.3. The van der Waals surface area contributed by atoms with Crippen LogP contribution in [0.5, 0.6) is 11.5 Å². The predicted molar refractivity (Wildman–Crippen MR) is 127 cm³/mol. The number of amides is 1. The van der Waals surface area contributed by atoms with Crippen molar-refractivity contribution in [3.05, 3.63) is 64.7 Å². The average Bonchev–Trinajstić information content (AvgIpc) is 3.12. The van der Waals surface area contributed by atoms with E-state index in [2.05, 4.69) is 4.90 Å². The lowest BCUT2D eigenvalue weighted by Crippen LogP contribution is -2.42. The molecule has 2 aromatic carbocycles. The van der Waals surface area contributed by atoms with Crippen molar-refractivity contribution < 1.29 is 28.9 Å². The van der Waals surface area contributed by atoms with Gasteiger partial charge >= 0.3 is 0 Å². The summed E-state index contributed by atoms with van der Waals surface area (Å²) in [4.78, 5) is 30.1.